The summed E-state index contributed by atoms with van der Waals surface area (Å²) in [5.41, 5.74) is 1.16. The van der Waals surface area contributed by atoms with Gasteiger partial charge in [0.2, 0.25) is 11.8 Å². The van der Waals surface area contributed by atoms with Gasteiger partial charge in [0.05, 0.1) is 16.9 Å². The van der Waals surface area contributed by atoms with Crippen LogP contribution in [0, 0.1) is 30.6 Å². The molecule has 0 radical (unpaired) electrons. The van der Waals surface area contributed by atoms with E-state index in [0.29, 0.717) is 20.7 Å². The molecular formula is C21H20Br3ClN2O5. The Hall–Kier alpha value is -0.970. The molecule has 2 aliphatic carbocycles. The smallest absolute Gasteiger partial charge is 0.329 e. The Kier molecular flexibility index (Phi) is 6.80. The molecule has 1 heterocycles. The Morgan fingerprint density at radius 1 is 1.19 bits per heavy atom. The standard InChI is InChI=1S/C21H20Br3ClN2O5/c1-7-12(4-3-11(22)18(7)25)26-13(28)6-32-21(31)8(2)27-19(29)14-9-5-10(15(14)20(27)30)17(24)16(9)23/h3-4,8-10,14-17H,5-6H2,1-2H3,(H,26,28)/t8-,9+,10+,14+,15+,16-,17+/m0/s1. The molecule has 0 spiro atoms. The minimum absolute atomic E-state index is 0.0609. The van der Waals surface area contributed by atoms with E-state index in [-0.39, 0.29) is 33.3 Å². The number of ether oxygens (including phenoxy) is 1. The average Bonchev–Trinajstić information content (AvgIpc) is 3.36. The van der Waals surface area contributed by atoms with Crippen LogP contribution in [0.15, 0.2) is 16.6 Å². The second-order valence-corrected chi connectivity index (χ2v) is 11.8. The lowest BCUT2D eigenvalue weighted by Gasteiger charge is -2.28. The van der Waals surface area contributed by atoms with E-state index in [2.05, 4.69) is 53.1 Å². The second kappa shape index (κ2) is 9.00. The normalized spacial score (nSPS) is 31.6. The molecular weight excluding hydrogens is 635 g/mol. The zero-order chi connectivity index (χ0) is 23.5. The number of esters is 1. The lowest BCUT2D eigenvalue weighted by atomic mass is 9.81. The zero-order valence-electron chi connectivity index (χ0n) is 17.1. The summed E-state index contributed by atoms with van der Waals surface area (Å²) in [4.78, 5) is 52.2. The van der Waals surface area contributed by atoms with Crippen molar-refractivity contribution in [3.05, 3.63) is 27.2 Å². The first kappa shape index (κ1) is 24.2. The number of hydrogen-bond donors (Lipinski definition) is 1. The van der Waals surface area contributed by atoms with E-state index in [4.69, 9.17) is 16.3 Å². The van der Waals surface area contributed by atoms with E-state index in [1.165, 1.54) is 6.92 Å². The van der Waals surface area contributed by atoms with Crippen LogP contribution >= 0.6 is 59.4 Å². The molecule has 2 saturated carbocycles. The first-order chi connectivity index (χ1) is 15.0. The van der Waals surface area contributed by atoms with Gasteiger partial charge >= 0.3 is 5.97 Å². The van der Waals surface area contributed by atoms with Crippen LogP contribution in [0.5, 0.6) is 0 Å². The molecule has 3 aliphatic rings. The molecule has 7 nitrogen and oxygen atoms in total. The van der Waals surface area contributed by atoms with Crippen LogP contribution in [0.25, 0.3) is 0 Å². The van der Waals surface area contributed by atoms with Crippen LogP contribution in [0.1, 0.15) is 18.9 Å². The highest BCUT2D eigenvalue weighted by Crippen LogP contribution is 2.60. The molecule has 1 aromatic rings. The molecule has 1 saturated heterocycles. The summed E-state index contributed by atoms with van der Waals surface area (Å²) >= 11 is 16.7. The first-order valence-corrected chi connectivity index (χ1v) is 13.1. The summed E-state index contributed by atoms with van der Waals surface area (Å²) in [7, 11) is 0. The van der Waals surface area contributed by atoms with Gasteiger partial charge in [0.15, 0.2) is 6.61 Å². The van der Waals surface area contributed by atoms with Gasteiger partial charge in [-0.3, -0.25) is 19.3 Å². The van der Waals surface area contributed by atoms with E-state index >= 15 is 0 Å². The van der Waals surface area contributed by atoms with Crippen LogP contribution in [0.4, 0.5) is 5.69 Å². The van der Waals surface area contributed by atoms with Gasteiger partial charge in [-0.2, -0.15) is 0 Å². The van der Waals surface area contributed by atoms with Crippen LogP contribution in [-0.2, 0) is 23.9 Å². The lowest BCUT2D eigenvalue weighted by molar-refractivity contribution is -0.159. The summed E-state index contributed by atoms with van der Waals surface area (Å²) in [5, 5.41) is 3.11. The van der Waals surface area contributed by atoms with Gasteiger partial charge in [0, 0.05) is 19.8 Å². The van der Waals surface area contributed by atoms with Crippen molar-refractivity contribution in [2.45, 2.75) is 36.0 Å². The predicted molar refractivity (Wildman–Crippen MR) is 129 cm³/mol. The number of rotatable bonds is 5. The Bertz CT molecular complexity index is 989. The Morgan fingerprint density at radius 3 is 2.31 bits per heavy atom. The largest absolute Gasteiger partial charge is 0.454 e. The highest BCUT2D eigenvalue weighted by atomic mass is 79.9. The molecule has 3 amide bonds. The third kappa shape index (κ3) is 3.84. The SMILES string of the molecule is Cc1c(NC(=O)COC(=O)[C@H](C)N2C(=O)[C@@H]3[C@H]4C[C@@H]([C@@H](Br)[C@H]4Br)[C@H]3C2=O)ccc(Br)c1Cl. The van der Waals surface area contributed by atoms with E-state index in [0.717, 1.165) is 11.3 Å². The number of benzene rings is 1. The zero-order valence-corrected chi connectivity index (χ0v) is 22.6. The number of fused-ring (bicyclic) bond motifs is 5. The summed E-state index contributed by atoms with van der Waals surface area (Å²) < 4.78 is 5.82. The molecule has 1 N–H and O–H groups in total. The minimum Gasteiger partial charge on any atom is -0.454 e. The van der Waals surface area contributed by atoms with Gasteiger partial charge in [-0.05, 0) is 65.7 Å². The number of nitrogens with zero attached hydrogens (tertiary/aromatic N) is 1. The number of carbonyl (C=O) groups is 4. The Labute approximate surface area is 215 Å². The summed E-state index contributed by atoms with van der Waals surface area (Å²) in [5.74, 6) is -2.70. The first-order valence-electron chi connectivity index (χ1n) is 10.1. The maximum Gasteiger partial charge on any atom is 0.329 e. The number of alkyl halides is 2. The fourth-order valence-corrected chi connectivity index (χ4v) is 7.56. The molecule has 32 heavy (non-hydrogen) atoms. The van der Waals surface area contributed by atoms with E-state index in [1.54, 1.807) is 19.1 Å². The number of nitrogens with one attached hydrogen (secondary N) is 1. The number of hydrogen-bond acceptors (Lipinski definition) is 5. The van der Waals surface area contributed by atoms with Gasteiger partial charge in [-0.25, -0.2) is 4.79 Å². The maximum absolute atomic E-state index is 13.0. The maximum atomic E-state index is 13.0. The van der Waals surface area contributed by atoms with Gasteiger partial charge in [-0.1, -0.05) is 43.5 Å². The third-order valence-corrected chi connectivity index (χ3v) is 11.3. The lowest BCUT2D eigenvalue weighted by Crippen LogP contribution is -2.45. The van der Waals surface area contributed by atoms with Gasteiger partial charge < -0.3 is 10.1 Å². The number of imide groups is 1. The fourth-order valence-electron chi connectivity index (χ4n) is 5.09. The highest BCUT2D eigenvalue weighted by Gasteiger charge is 2.67. The summed E-state index contributed by atoms with van der Waals surface area (Å²) in [6.45, 7) is 2.66. The van der Waals surface area contributed by atoms with Crippen molar-refractivity contribution in [1.29, 1.82) is 0 Å². The molecule has 11 heteroatoms. The van der Waals surface area contributed by atoms with Crippen molar-refractivity contribution in [2.24, 2.45) is 23.7 Å². The van der Waals surface area contributed by atoms with Crippen LogP contribution < -0.4 is 5.32 Å². The topological polar surface area (TPSA) is 92.8 Å². The second-order valence-electron chi connectivity index (χ2n) is 8.42. The van der Waals surface area contributed by atoms with Gasteiger partial charge in [0.1, 0.15) is 6.04 Å². The highest BCUT2D eigenvalue weighted by molar-refractivity contribution is 9.12. The van der Waals surface area contributed by atoms with Crippen molar-refractivity contribution in [3.63, 3.8) is 0 Å². The van der Waals surface area contributed by atoms with Crippen molar-refractivity contribution in [2.75, 3.05) is 11.9 Å². The monoisotopic (exact) mass is 652 g/mol. The summed E-state index contributed by atoms with van der Waals surface area (Å²) in [6.07, 6.45) is 0.810. The molecule has 4 rings (SSSR count). The number of carbonyl (C=O) groups excluding carboxylic acids is 4. The number of amides is 3. The third-order valence-electron chi connectivity index (χ3n) is 6.71. The van der Waals surface area contributed by atoms with Crippen molar-refractivity contribution in [1.82, 2.24) is 4.90 Å². The van der Waals surface area contributed by atoms with Crippen LogP contribution in [0.2, 0.25) is 5.02 Å². The molecule has 0 unspecified atom stereocenters. The quantitative estimate of drug-likeness (QED) is 0.294. The molecule has 2 bridgehead atoms. The fraction of sp³-hybridized carbons (Fsp3) is 0.524. The van der Waals surface area contributed by atoms with Gasteiger partial charge in [0.25, 0.3) is 5.91 Å². The average molecular weight is 656 g/mol. The Balaban J connectivity index is 1.37. The number of anilines is 1. The predicted octanol–water partition coefficient (Wildman–Crippen LogP) is 4.06. The van der Waals surface area contributed by atoms with Crippen molar-refractivity contribution < 1.29 is 23.9 Å². The minimum atomic E-state index is -1.10. The number of halogens is 4. The molecule has 1 aliphatic heterocycles. The molecule has 1 aromatic carbocycles. The molecule has 0 aromatic heterocycles. The van der Waals surface area contributed by atoms with Gasteiger partial charge in [-0.15, -0.1) is 0 Å². The van der Waals surface area contributed by atoms with E-state index < -0.39 is 36.4 Å². The Morgan fingerprint density at radius 2 is 1.75 bits per heavy atom. The van der Waals surface area contributed by atoms with Crippen molar-refractivity contribution >= 4 is 88.8 Å². The number of likely N-dealkylation sites (tertiary alicyclic amines) is 1. The van der Waals surface area contributed by atoms with E-state index in [1.807, 2.05) is 0 Å². The molecule has 3 fully saturated rings. The van der Waals surface area contributed by atoms with Crippen LogP contribution in [0.3, 0.4) is 0 Å². The summed E-state index contributed by atoms with van der Waals surface area (Å²) in [6, 6.07) is 2.28. The van der Waals surface area contributed by atoms with Crippen molar-refractivity contribution in [3.8, 4) is 0 Å². The molecule has 7 atom stereocenters. The van der Waals surface area contributed by atoms with E-state index in [9.17, 15) is 19.2 Å². The van der Waals surface area contributed by atoms with Crippen LogP contribution in [-0.4, -0.2) is 50.9 Å². The molecule has 172 valence electrons.